The van der Waals surface area contributed by atoms with Gasteiger partial charge < -0.3 is 0 Å². The van der Waals surface area contributed by atoms with Crippen LogP contribution in [0.15, 0.2) is 0 Å². The van der Waals surface area contributed by atoms with Crippen LogP contribution in [0.5, 0.6) is 0 Å². The van der Waals surface area contributed by atoms with Crippen molar-refractivity contribution in [1.82, 2.24) is 0 Å². The van der Waals surface area contributed by atoms with Crippen molar-refractivity contribution in [2.75, 3.05) is 0 Å². The third-order valence-corrected chi connectivity index (χ3v) is 5.34. The van der Waals surface area contributed by atoms with Crippen LogP contribution in [-0.2, 0) is 0 Å². The van der Waals surface area contributed by atoms with Crippen LogP contribution < -0.4 is 0 Å². The fraction of sp³-hybridized carbons (Fsp3) is 1.00. The van der Waals surface area contributed by atoms with Crippen LogP contribution in [0.1, 0.15) is 85.5 Å². The number of unbranched alkanes of at least 4 members (excludes halogenated alkanes) is 3. The van der Waals surface area contributed by atoms with Gasteiger partial charge in [0.25, 0.3) is 0 Å². The maximum atomic E-state index is 4.08. The van der Waals surface area contributed by atoms with E-state index in [0.29, 0.717) is 4.32 Å². The number of rotatable bonds is 10. The summed E-state index contributed by atoms with van der Waals surface area (Å²) in [5, 5.41) is 0. The first kappa shape index (κ1) is 16.5. The van der Waals surface area contributed by atoms with Gasteiger partial charge in [0.15, 0.2) is 0 Å². The molecule has 0 spiro atoms. The quantitative estimate of drug-likeness (QED) is 0.413. The molecule has 0 fully saturated rings. The smallest absolute Gasteiger partial charge is 0.0283 e. The average Bonchev–Trinajstić information content (AvgIpc) is 2.30. The van der Waals surface area contributed by atoms with Crippen LogP contribution in [0.2, 0.25) is 0 Å². The molecule has 0 amide bonds. The molecule has 0 aromatic heterocycles. The minimum Gasteiger partial charge on any atom is -0.0850 e. The lowest BCUT2D eigenvalue weighted by atomic mass is 9.82. The zero-order valence-electron chi connectivity index (χ0n) is 11.8. The minimum absolute atomic E-state index is 0.425. The Kier molecular flexibility index (Phi) is 9.79. The van der Waals surface area contributed by atoms with Crippen LogP contribution in [0.4, 0.5) is 0 Å². The molecule has 0 aliphatic heterocycles. The van der Waals surface area contributed by atoms with E-state index in [0.717, 1.165) is 5.92 Å². The molecule has 0 heterocycles. The van der Waals surface area contributed by atoms with Crippen molar-refractivity contribution >= 4 is 15.9 Å². The highest BCUT2D eigenvalue weighted by atomic mass is 79.9. The molecule has 1 atom stereocenters. The van der Waals surface area contributed by atoms with E-state index in [-0.39, 0.29) is 0 Å². The van der Waals surface area contributed by atoms with Gasteiger partial charge in [0.1, 0.15) is 0 Å². The molecule has 1 heteroatoms. The van der Waals surface area contributed by atoms with Gasteiger partial charge in [-0.2, -0.15) is 0 Å². The van der Waals surface area contributed by atoms with Gasteiger partial charge in [-0.15, -0.1) is 0 Å². The van der Waals surface area contributed by atoms with E-state index in [1.807, 2.05) is 0 Å². The van der Waals surface area contributed by atoms with Gasteiger partial charge in [0.2, 0.25) is 0 Å². The zero-order valence-corrected chi connectivity index (χ0v) is 13.4. The Bertz CT molecular complexity index is 146. The predicted octanol–water partition coefficient (Wildman–Crippen LogP) is 6.33. The van der Waals surface area contributed by atoms with Gasteiger partial charge in [-0.05, 0) is 25.2 Å². The normalized spacial score (nSPS) is 14.1. The molecule has 1 unspecified atom stereocenters. The van der Waals surface area contributed by atoms with Crippen LogP contribution in [0.3, 0.4) is 0 Å². The lowest BCUT2D eigenvalue weighted by Crippen LogP contribution is -2.29. The molecule has 0 aliphatic carbocycles. The number of alkyl halides is 1. The number of halogens is 1. The third kappa shape index (κ3) is 6.27. The largest absolute Gasteiger partial charge is 0.0850 e. The molecule has 0 bridgehead atoms. The van der Waals surface area contributed by atoms with E-state index >= 15 is 0 Å². The Morgan fingerprint density at radius 3 is 1.69 bits per heavy atom. The first-order valence-electron chi connectivity index (χ1n) is 7.29. The number of hydrogen-bond donors (Lipinski definition) is 0. The molecular weight excluding hydrogens is 260 g/mol. The molecule has 0 aromatic carbocycles. The summed E-state index contributed by atoms with van der Waals surface area (Å²) in [5.74, 6) is 0.825. The van der Waals surface area contributed by atoms with Gasteiger partial charge in [0.05, 0.1) is 0 Å². The van der Waals surface area contributed by atoms with Crippen molar-refractivity contribution in [2.45, 2.75) is 89.8 Å². The van der Waals surface area contributed by atoms with Crippen molar-refractivity contribution < 1.29 is 0 Å². The van der Waals surface area contributed by atoms with Crippen LogP contribution >= 0.6 is 15.9 Å². The van der Waals surface area contributed by atoms with E-state index in [4.69, 9.17) is 0 Å². The highest BCUT2D eigenvalue weighted by molar-refractivity contribution is 9.10. The molecule has 0 nitrogen and oxygen atoms in total. The van der Waals surface area contributed by atoms with Crippen molar-refractivity contribution in [3.8, 4) is 0 Å². The van der Waals surface area contributed by atoms with Crippen LogP contribution in [0.25, 0.3) is 0 Å². The maximum absolute atomic E-state index is 4.08. The summed E-state index contributed by atoms with van der Waals surface area (Å²) in [4.78, 5) is 0. The van der Waals surface area contributed by atoms with Gasteiger partial charge in [-0.3, -0.25) is 0 Å². The summed E-state index contributed by atoms with van der Waals surface area (Å²) >= 11 is 4.08. The van der Waals surface area contributed by atoms with Gasteiger partial charge >= 0.3 is 0 Å². The van der Waals surface area contributed by atoms with Crippen molar-refractivity contribution in [3.05, 3.63) is 0 Å². The van der Waals surface area contributed by atoms with Crippen molar-refractivity contribution in [3.63, 3.8) is 0 Å². The summed E-state index contributed by atoms with van der Waals surface area (Å²) in [6, 6.07) is 0. The monoisotopic (exact) mass is 290 g/mol. The average molecular weight is 291 g/mol. The Balaban J connectivity index is 4.24. The highest BCUT2D eigenvalue weighted by Crippen LogP contribution is 2.40. The fourth-order valence-electron chi connectivity index (χ4n) is 2.33. The van der Waals surface area contributed by atoms with E-state index in [9.17, 15) is 0 Å². The highest BCUT2D eigenvalue weighted by Gasteiger charge is 2.31. The third-order valence-electron chi connectivity index (χ3n) is 3.77. The molecule has 16 heavy (non-hydrogen) atoms. The van der Waals surface area contributed by atoms with Gasteiger partial charge in [-0.25, -0.2) is 0 Å². The Labute approximate surface area is 112 Å². The lowest BCUT2D eigenvalue weighted by Gasteiger charge is -2.34. The molecule has 0 saturated carbocycles. The van der Waals surface area contributed by atoms with Crippen LogP contribution in [-0.4, -0.2) is 4.32 Å². The fourth-order valence-corrected chi connectivity index (χ4v) is 3.12. The van der Waals surface area contributed by atoms with Gasteiger partial charge in [-0.1, -0.05) is 82.1 Å². The molecule has 0 rings (SSSR count). The Hall–Kier alpha value is 0.480. The maximum Gasteiger partial charge on any atom is 0.0283 e. The van der Waals surface area contributed by atoms with Crippen LogP contribution in [0, 0.1) is 5.92 Å². The van der Waals surface area contributed by atoms with E-state index in [2.05, 4.69) is 43.6 Å². The standard InChI is InChI=1S/C15H31Br/c1-5-8-11-14(4)15(16,12-9-6-2)13-10-7-3/h14H,5-13H2,1-4H3. The summed E-state index contributed by atoms with van der Waals surface area (Å²) < 4.78 is 0.425. The molecule has 0 aromatic rings. The second-order valence-electron chi connectivity index (χ2n) is 5.29. The Morgan fingerprint density at radius 1 is 0.875 bits per heavy atom. The molecule has 0 saturated heterocycles. The second kappa shape index (κ2) is 9.50. The lowest BCUT2D eigenvalue weighted by molar-refractivity contribution is 0.327. The minimum atomic E-state index is 0.425. The molecular formula is C15H31Br. The zero-order chi connectivity index (χ0) is 12.4. The molecule has 0 N–H and O–H groups in total. The summed E-state index contributed by atoms with van der Waals surface area (Å²) in [6.45, 7) is 9.32. The molecule has 98 valence electrons. The summed E-state index contributed by atoms with van der Waals surface area (Å²) in [5.41, 5.74) is 0. The summed E-state index contributed by atoms with van der Waals surface area (Å²) in [7, 11) is 0. The first-order chi connectivity index (χ1) is 7.60. The van der Waals surface area contributed by atoms with E-state index < -0.39 is 0 Å². The number of hydrogen-bond acceptors (Lipinski definition) is 0. The predicted molar refractivity (Wildman–Crippen MR) is 79.4 cm³/mol. The molecule has 0 radical (unpaired) electrons. The van der Waals surface area contributed by atoms with Crippen molar-refractivity contribution in [1.29, 1.82) is 0 Å². The Morgan fingerprint density at radius 2 is 1.31 bits per heavy atom. The SMILES string of the molecule is CCCCC(C)C(Br)(CCCC)CCCC. The topological polar surface area (TPSA) is 0 Å². The van der Waals surface area contributed by atoms with Crippen molar-refractivity contribution in [2.24, 2.45) is 5.92 Å². The first-order valence-corrected chi connectivity index (χ1v) is 8.08. The molecule has 0 aliphatic rings. The van der Waals surface area contributed by atoms with Gasteiger partial charge in [0, 0.05) is 4.32 Å². The van der Waals surface area contributed by atoms with E-state index in [1.165, 1.54) is 57.8 Å². The second-order valence-corrected chi connectivity index (χ2v) is 6.86. The van der Waals surface area contributed by atoms with E-state index in [1.54, 1.807) is 0 Å². The summed E-state index contributed by atoms with van der Waals surface area (Å²) in [6.07, 6.45) is 12.2.